The van der Waals surface area contributed by atoms with Gasteiger partial charge < -0.3 is 19.5 Å². The second kappa shape index (κ2) is 5.95. The SMILES string of the molecule is CC1CN(C(=O)COC(=O)C23CC4CC(CC(O)(C4)C2)C3)CC(C)O1. The Kier molecular flexibility index (Phi) is 4.11. The highest BCUT2D eigenvalue weighted by atomic mass is 16.5. The molecule has 1 saturated heterocycles. The number of rotatable bonds is 3. The van der Waals surface area contributed by atoms with Crippen molar-refractivity contribution in [2.45, 2.75) is 70.2 Å². The highest BCUT2D eigenvalue weighted by Gasteiger charge is 2.60. The van der Waals surface area contributed by atoms with Gasteiger partial charge in [-0.2, -0.15) is 0 Å². The van der Waals surface area contributed by atoms with E-state index in [0.717, 1.165) is 32.1 Å². The molecule has 25 heavy (non-hydrogen) atoms. The Labute approximate surface area is 148 Å². The highest BCUT2D eigenvalue weighted by molar-refractivity contribution is 5.83. The number of carbonyl (C=O) groups excluding carboxylic acids is 2. The number of hydrogen-bond acceptors (Lipinski definition) is 5. The predicted molar refractivity (Wildman–Crippen MR) is 89.6 cm³/mol. The van der Waals surface area contributed by atoms with Crippen LogP contribution in [0.3, 0.4) is 0 Å². The molecule has 5 rings (SSSR count). The Balaban J connectivity index is 1.37. The normalized spacial score (nSPS) is 45.5. The fraction of sp³-hybridized carbons (Fsp3) is 0.895. The van der Waals surface area contributed by atoms with Gasteiger partial charge in [-0.1, -0.05) is 0 Å². The minimum absolute atomic E-state index is 0.000743. The zero-order valence-corrected chi connectivity index (χ0v) is 15.2. The van der Waals surface area contributed by atoms with Crippen LogP contribution in [-0.2, 0) is 19.1 Å². The van der Waals surface area contributed by atoms with Crippen LogP contribution in [-0.4, -0.2) is 59.4 Å². The van der Waals surface area contributed by atoms with Crippen LogP contribution >= 0.6 is 0 Å². The number of esters is 1. The van der Waals surface area contributed by atoms with Gasteiger partial charge in [-0.15, -0.1) is 0 Å². The Bertz CT molecular complexity index is 552. The zero-order valence-electron chi connectivity index (χ0n) is 15.2. The van der Waals surface area contributed by atoms with E-state index < -0.39 is 11.0 Å². The molecule has 5 fully saturated rings. The summed E-state index contributed by atoms with van der Waals surface area (Å²) in [6.45, 7) is 4.76. The van der Waals surface area contributed by atoms with Crippen LogP contribution < -0.4 is 0 Å². The maximum atomic E-state index is 12.8. The summed E-state index contributed by atoms with van der Waals surface area (Å²) in [5.41, 5.74) is -1.26. The lowest BCUT2D eigenvalue weighted by Gasteiger charge is -2.58. The number of carbonyl (C=O) groups is 2. The number of aliphatic hydroxyl groups is 1. The number of amides is 1. The quantitative estimate of drug-likeness (QED) is 0.780. The first-order chi connectivity index (χ1) is 11.8. The van der Waals surface area contributed by atoms with Gasteiger partial charge in [-0.05, 0) is 64.2 Å². The second-order valence-corrected chi connectivity index (χ2v) is 9.10. The molecule has 5 aliphatic rings. The fourth-order valence-electron chi connectivity index (χ4n) is 6.21. The summed E-state index contributed by atoms with van der Waals surface area (Å²) < 4.78 is 11.1. The molecule has 4 saturated carbocycles. The second-order valence-electron chi connectivity index (χ2n) is 9.10. The lowest BCUT2D eigenvalue weighted by atomic mass is 9.48. The first-order valence-electron chi connectivity index (χ1n) is 9.60. The minimum Gasteiger partial charge on any atom is -0.455 e. The molecule has 1 aliphatic heterocycles. The molecule has 6 heteroatoms. The van der Waals surface area contributed by atoms with Gasteiger partial charge in [0.25, 0.3) is 5.91 Å². The fourth-order valence-corrected chi connectivity index (χ4v) is 6.21. The molecule has 1 heterocycles. The predicted octanol–water partition coefficient (Wildman–Crippen LogP) is 1.50. The Morgan fingerprint density at radius 1 is 1.12 bits per heavy atom. The van der Waals surface area contributed by atoms with Crippen molar-refractivity contribution in [3.05, 3.63) is 0 Å². The molecular formula is C19H29NO5. The van der Waals surface area contributed by atoms with Crippen molar-refractivity contribution >= 4 is 11.9 Å². The van der Waals surface area contributed by atoms with Crippen LogP contribution in [0.5, 0.6) is 0 Å². The van der Waals surface area contributed by atoms with Gasteiger partial charge in [0, 0.05) is 13.1 Å². The van der Waals surface area contributed by atoms with Crippen LogP contribution in [0, 0.1) is 17.3 Å². The van der Waals surface area contributed by atoms with Crippen molar-refractivity contribution < 1.29 is 24.2 Å². The third-order valence-electron chi connectivity index (χ3n) is 6.56. The van der Waals surface area contributed by atoms with E-state index >= 15 is 0 Å². The summed E-state index contributed by atoms with van der Waals surface area (Å²) in [5, 5.41) is 10.8. The summed E-state index contributed by atoms with van der Waals surface area (Å²) >= 11 is 0. The van der Waals surface area contributed by atoms with E-state index in [9.17, 15) is 14.7 Å². The van der Waals surface area contributed by atoms with E-state index in [1.807, 2.05) is 13.8 Å². The lowest BCUT2D eigenvalue weighted by molar-refractivity contribution is -0.197. The largest absolute Gasteiger partial charge is 0.455 e. The van der Waals surface area contributed by atoms with E-state index in [0.29, 0.717) is 31.3 Å². The molecule has 6 nitrogen and oxygen atoms in total. The van der Waals surface area contributed by atoms with Gasteiger partial charge in [0.1, 0.15) is 0 Å². The van der Waals surface area contributed by atoms with Crippen molar-refractivity contribution in [1.82, 2.24) is 4.90 Å². The maximum absolute atomic E-state index is 12.8. The Morgan fingerprint density at radius 2 is 1.72 bits per heavy atom. The molecule has 4 aliphatic carbocycles. The Hall–Kier alpha value is -1.14. The molecule has 0 spiro atoms. The average molecular weight is 351 g/mol. The van der Waals surface area contributed by atoms with Crippen molar-refractivity contribution in [2.75, 3.05) is 19.7 Å². The van der Waals surface area contributed by atoms with Crippen molar-refractivity contribution in [3.63, 3.8) is 0 Å². The van der Waals surface area contributed by atoms with E-state index in [1.54, 1.807) is 4.90 Å². The number of ether oxygens (including phenoxy) is 2. The van der Waals surface area contributed by atoms with Gasteiger partial charge in [0.05, 0.1) is 23.2 Å². The third-order valence-corrected chi connectivity index (χ3v) is 6.56. The van der Waals surface area contributed by atoms with Gasteiger partial charge >= 0.3 is 5.97 Å². The first-order valence-corrected chi connectivity index (χ1v) is 9.60. The summed E-state index contributed by atoms with van der Waals surface area (Å²) in [6, 6.07) is 0. The summed E-state index contributed by atoms with van der Waals surface area (Å²) in [6.07, 6.45) is 4.89. The van der Waals surface area contributed by atoms with Crippen LogP contribution in [0.25, 0.3) is 0 Å². The van der Waals surface area contributed by atoms with Crippen molar-refractivity contribution in [1.29, 1.82) is 0 Å². The summed E-state index contributed by atoms with van der Waals surface area (Å²) in [4.78, 5) is 27.0. The van der Waals surface area contributed by atoms with Crippen LogP contribution in [0.2, 0.25) is 0 Å². The average Bonchev–Trinajstić information content (AvgIpc) is 2.48. The van der Waals surface area contributed by atoms with Gasteiger partial charge in [-0.25, -0.2) is 0 Å². The Morgan fingerprint density at radius 3 is 2.28 bits per heavy atom. The topological polar surface area (TPSA) is 76.1 Å². The van der Waals surface area contributed by atoms with E-state index in [4.69, 9.17) is 9.47 Å². The minimum atomic E-state index is -0.692. The van der Waals surface area contributed by atoms with Crippen molar-refractivity contribution in [2.24, 2.45) is 17.3 Å². The van der Waals surface area contributed by atoms with Crippen molar-refractivity contribution in [3.8, 4) is 0 Å². The lowest BCUT2D eigenvalue weighted by Crippen LogP contribution is -2.58. The molecule has 4 atom stereocenters. The van der Waals surface area contributed by atoms with Crippen LogP contribution in [0.4, 0.5) is 0 Å². The number of nitrogens with zero attached hydrogens (tertiary/aromatic N) is 1. The van der Waals surface area contributed by atoms with E-state index in [1.165, 1.54) is 0 Å². The smallest absolute Gasteiger partial charge is 0.312 e. The highest BCUT2D eigenvalue weighted by Crippen LogP contribution is 2.61. The standard InChI is InChI=1S/C19H29NO5/c1-12-8-20(9-13(2)25-12)16(21)10-24-17(22)18-4-14-3-15(5-18)7-19(23,6-14)11-18/h12-15,23H,3-11H2,1-2H3. The molecule has 0 aromatic carbocycles. The molecule has 0 aromatic heterocycles. The zero-order chi connectivity index (χ0) is 17.8. The molecule has 140 valence electrons. The maximum Gasteiger partial charge on any atom is 0.312 e. The third kappa shape index (κ3) is 3.19. The molecule has 4 unspecified atom stereocenters. The van der Waals surface area contributed by atoms with Crippen LogP contribution in [0.15, 0.2) is 0 Å². The number of morpholine rings is 1. The first kappa shape index (κ1) is 17.3. The van der Waals surface area contributed by atoms with Gasteiger partial charge in [-0.3, -0.25) is 9.59 Å². The molecule has 4 bridgehead atoms. The number of hydrogen-bond donors (Lipinski definition) is 1. The van der Waals surface area contributed by atoms with E-state index in [-0.39, 0.29) is 30.7 Å². The monoisotopic (exact) mass is 351 g/mol. The van der Waals surface area contributed by atoms with E-state index in [2.05, 4.69) is 0 Å². The molecule has 1 N–H and O–H groups in total. The van der Waals surface area contributed by atoms with Gasteiger partial charge in [0.15, 0.2) is 6.61 Å². The molecule has 1 amide bonds. The molecule has 0 radical (unpaired) electrons. The summed E-state index contributed by atoms with van der Waals surface area (Å²) in [7, 11) is 0. The van der Waals surface area contributed by atoms with Crippen LogP contribution in [0.1, 0.15) is 52.4 Å². The van der Waals surface area contributed by atoms with Gasteiger partial charge in [0.2, 0.25) is 0 Å². The molecule has 0 aromatic rings. The summed E-state index contributed by atoms with van der Waals surface area (Å²) in [5.74, 6) is 0.424. The molecular weight excluding hydrogens is 322 g/mol.